The molecule has 15 heavy (non-hydrogen) atoms. The lowest BCUT2D eigenvalue weighted by molar-refractivity contribution is 0.1000. The molecule has 82 valence electrons. The molecule has 1 amide bonds. The number of nitrogens with one attached hydrogen (secondary N) is 1. The van der Waals surface area contributed by atoms with Crippen LogP contribution in [0.3, 0.4) is 0 Å². The Balaban J connectivity index is 2.63. The summed E-state index contributed by atoms with van der Waals surface area (Å²) in [6.45, 7) is 6.87. The van der Waals surface area contributed by atoms with Gasteiger partial charge in [-0.1, -0.05) is 0 Å². The molecule has 2 rings (SSSR count). The van der Waals surface area contributed by atoms with E-state index in [2.05, 4.69) is 24.3 Å². The highest BCUT2D eigenvalue weighted by Gasteiger charge is 2.32. The topological polar surface area (TPSA) is 72.9 Å². The molecule has 0 bridgehead atoms. The monoisotopic (exact) mass is 208 g/mol. The minimum Gasteiger partial charge on any atom is -0.369 e. The van der Waals surface area contributed by atoms with Gasteiger partial charge in [0.15, 0.2) is 0 Å². The van der Waals surface area contributed by atoms with Gasteiger partial charge in [0.05, 0.1) is 11.2 Å². The molecule has 0 fully saturated rings. The summed E-state index contributed by atoms with van der Waals surface area (Å²) in [6.07, 6.45) is 0.985. The van der Waals surface area contributed by atoms with E-state index < -0.39 is 5.91 Å². The molecule has 1 aliphatic rings. The van der Waals surface area contributed by atoms with Gasteiger partial charge in [-0.3, -0.25) is 4.79 Å². The van der Waals surface area contributed by atoms with Crippen LogP contribution < -0.4 is 11.1 Å². The van der Waals surface area contributed by atoms with E-state index in [4.69, 9.17) is 5.73 Å². The zero-order valence-corrected chi connectivity index (χ0v) is 9.29. The molecule has 1 aromatic rings. The SMILES string of the molecule is Cc1nn2c(c1C(N)=O)NCCC2(C)C. The van der Waals surface area contributed by atoms with Gasteiger partial charge in [0.25, 0.3) is 5.91 Å². The van der Waals surface area contributed by atoms with Crippen molar-refractivity contribution >= 4 is 11.7 Å². The number of primary amides is 1. The van der Waals surface area contributed by atoms with E-state index in [1.165, 1.54) is 0 Å². The Morgan fingerprint density at radius 2 is 2.27 bits per heavy atom. The third-order valence-corrected chi connectivity index (χ3v) is 2.91. The Morgan fingerprint density at radius 1 is 1.60 bits per heavy atom. The van der Waals surface area contributed by atoms with Gasteiger partial charge >= 0.3 is 0 Å². The van der Waals surface area contributed by atoms with Crippen molar-refractivity contribution in [2.45, 2.75) is 32.7 Å². The Labute approximate surface area is 88.6 Å². The lowest BCUT2D eigenvalue weighted by atomic mass is 9.99. The number of anilines is 1. The Morgan fingerprint density at radius 3 is 2.87 bits per heavy atom. The van der Waals surface area contributed by atoms with Crippen molar-refractivity contribution in [1.29, 1.82) is 0 Å². The van der Waals surface area contributed by atoms with Crippen LogP contribution in [0, 0.1) is 6.92 Å². The van der Waals surface area contributed by atoms with Crippen LogP contribution in [0.4, 0.5) is 5.82 Å². The molecule has 0 spiro atoms. The largest absolute Gasteiger partial charge is 0.369 e. The molecule has 0 saturated carbocycles. The zero-order chi connectivity index (χ0) is 11.2. The maximum atomic E-state index is 11.3. The van der Waals surface area contributed by atoms with Crippen LogP contribution in [-0.2, 0) is 5.54 Å². The lowest BCUT2D eigenvalue weighted by Crippen LogP contribution is -2.36. The van der Waals surface area contributed by atoms with Gasteiger partial charge < -0.3 is 11.1 Å². The molecule has 3 N–H and O–H groups in total. The highest BCUT2D eigenvalue weighted by molar-refractivity contribution is 5.99. The second kappa shape index (κ2) is 2.98. The normalized spacial score (nSPS) is 18.1. The molecule has 0 aromatic carbocycles. The van der Waals surface area contributed by atoms with Gasteiger partial charge in [-0.25, -0.2) is 4.68 Å². The first-order chi connectivity index (χ1) is 6.93. The smallest absolute Gasteiger partial charge is 0.254 e. The number of amides is 1. The molecular formula is C10H16N4O. The van der Waals surface area contributed by atoms with Gasteiger partial charge in [-0.15, -0.1) is 0 Å². The first-order valence-corrected chi connectivity index (χ1v) is 5.07. The maximum absolute atomic E-state index is 11.3. The van der Waals surface area contributed by atoms with E-state index in [0.29, 0.717) is 11.3 Å². The van der Waals surface area contributed by atoms with Crippen molar-refractivity contribution in [1.82, 2.24) is 9.78 Å². The highest BCUT2D eigenvalue weighted by Crippen LogP contribution is 2.32. The minimum absolute atomic E-state index is 0.0565. The van der Waals surface area contributed by atoms with Crippen LogP contribution in [0.2, 0.25) is 0 Å². The van der Waals surface area contributed by atoms with Crippen LogP contribution in [0.25, 0.3) is 0 Å². The van der Waals surface area contributed by atoms with Gasteiger partial charge in [-0.2, -0.15) is 5.10 Å². The van der Waals surface area contributed by atoms with E-state index in [9.17, 15) is 4.79 Å². The molecule has 2 heterocycles. The van der Waals surface area contributed by atoms with Crippen LogP contribution in [0.1, 0.15) is 36.3 Å². The van der Waals surface area contributed by atoms with Crippen LogP contribution >= 0.6 is 0 Å². The summed E-state index contributed by atoms with van der Waals surface area (Å²) in [7, 11) is 0. The van der Waals surface area contributed by atoms with E-state index >= 15 is 0 Å². The second-order valence-corrected chi connectivity index (χ2v) is 4.57. The van der Waals surface area contributed by atoms with Crippen molar-refractivity contribution in [3.05, 3.63) is 11.3 Å². The summed E-state index contributed by atoms with van der Waals surface area (Å²) in [5.74, 6) is 0.343. The number of hydrogen-bond donors (Lipinski definition) is 2. The number of carbonyl (C=O) groups excluding carboxylic acids is 1. The third-order valence-electron chi connectivity index (χ3n) is 2.91. The quantitative estimate of drug-likeness (QED) is 0.718. The fourth-order valence-corrected chi connectivity index (χ4v) is 2.02. The Bertz CT molecular complexity index is 419. The molecule has 5 heteroatoms. The van der Waals surface area contributed by atoms with Crippen LogP contribution in [0.15, 0.2) is 0 Å². The van der Waals surface area contributed by atoms with Gasteiger partial charge in [0, 0.05) is 6.54 Å². The average molecular weight is 208 g/mol. The third kappa shape index (κ3) is 1.38. The number of aryl methyl sites for hydroxylation is 1. The summed E-state index contributed by atoms with van der Waals surface area (Å²) in [5, 5.41) is 7.57. The summed E-state index contributed by atoms with van der Waals surface area (Å²) < 4.78 is 1.87. The molecular weight excluding hydrogens is 192 g/mol. The average Bonchev–Trinajstić information content (AvgIpc) is 2.42. The fraction of sp³-hybridized carbons (Fsp3) is 0.600. The van der Waals surface area contributed by atoms with Gasteiger partial charge in [0.1, 0.15) is 11.4 Å². The van der Waals surface area contributed by atoms with E-state index in [1.807, 2.05) is 11.6 Å². The number of rotatable bonds is 1. The molecule has 5 nitrogen and oxygen atoms in total. The van der Waals surface area contributed by atoms with Crippen molar-refractivity contribution in [2.75, 3.05) is 11.9 Å². The molecule has 0 atom stereocenters. The summed E-state index contributed by atoms with van der Waals surface area (Å²) >= 11 is 0. The number of aromatic nitrogens is 2. The molecule has 1 aliphatic heterocycles. The number of fused-ring (bicyclic) bond motifs is 1. The molecule has 0 unspecified atom stereocenters. The van der Waals surface area contributed by atoms with Crippen molar-refractivity contribution in [3.8, 4) is 0 Å². The predicted octanol–water partition coefficient (Wildman–Crippen LogP) is 0.841. The van der Waals surface area contributed by atoms with Crippen molar-refractivity contribution < 1.29 is 4.79 Å². The number of hydrogen-bond acceptors (Lipinski definition) is 3. The summed E-state index contributed by atoms with van der Waals surface area (Å²) in [4.78, 5) is 11.3. The Hall–Kier alpha value is -1.52. The second-order valence-electron chi connectivity index (χ2n) is 4.57. The van der Waals surface area contributed by atoms with Crippen LogP contribution in [-0.4, -0.2) is 22.2 Å². The predicted molar refractivity (Wildman–Crippen MR) is 57.9 cm³/mol. The lowest BCUT2D eigenvalue weighted by Gasteiger charge is -2.32. The molecule has 1 aromatic heterocycles. The van der Waals surface area contributed by atoms with Gasteiger partial charge in [-0.05, 0) is 27.2 Å². The number of carbonyl (C=O) groups is 1. The zero-order valence-electron chi connectivity index (χ0n) is 9.29. The standard InChI is InChI=1S/C10H16N4O/c1-6-7(8(11)15)9-12-5-4-10(2,3)14(9)13-6/h12H,4-5H2,1-3H3,(H2,11,15). The summed E-state index contributed by atoms with van der Waals surface area (Å²) in [6, 6.07) is 0. The Kier molecular flexibility index (Phi) is 1.99. The van der Waals surface area contributed by atoms with Crippen molar-refractivity contribution in [2.24, 2.45) is 5.73 Å². The van der Waals surface area contributed by atoms with Crippen molar-refractivity contribution in [3.63, 3.8) is 0 Å². The summed E-state index contributed by atoms with van der Waals surface area (Å²) in [5.41, 5.74) is 6.49. The fourth-order valence-electron chi connectivity index (χ4n) is 2.02. The van der Waals surface area contributed by atoms with E-state index in [-0.39, 0.29) is 5.54 Å². The first-order valence-electron chi connectivity index (χ1n) is 5.07. The molecule has 0 radical (unpaired) electrons. The van der Waals surface area contributed by atoms with Gasteiger partial charge in [0.2, 0.25) is 0 Å². The highest BCUT2D eigenvalue weighted by atomic mass is 16.1. The number of nitrogens with zero attached hydrogens (tertiary/aromatic N) is 2. The minimum atomic E-state index is -0.418. The van der Waals surface area contributed by atoms with E-state index in [1.54, 1.807) is 0 Å². The molecule has 0 aliphatic carbocycles. The number of nitrogens with two attached hydrogens (primary N) is 1. The molecule has 0 saturated heterocycles. The maximum Gasteiger partial charge on any atom is 0.254 e. The first kappa shape index (κ1) is 10.0. The van der Waals surface area contributed by atoms with Crippen LogP contribution in [0.5, 0.6) is 0 Å². The van der Waals surface area contributed by atoms with E-state index in [0.717, 1.165) is 18.8 Å².